The van der Waals surface area contributed by atoms with E-state index < -0.39 is 32.7 Å². The third-order valence-electron chi connectivity index (χ3n) is 4.90. The molecule has 1 atom stereocenters. The van der Waals surface area contributed by atoms with Gasteiger partial charge in [-0.25, -0.2) is 21.6 Å². The predicted molar refractivity (Wildman–Crippen MR) is 126 cm³/mol. The van der Waals surface area contributed by atoms with Crippen molar-refractivity contribution in [3.05, 3.63) is 84.4 Å². The number of nitrogens with zero attached hydrogens (tertiary/aromatic N) is 1. The summed E-state index contributed by atoms with van der Waals surface area (Å²) in [5.74, 6) is 0.296. The second kappa shape index (κ2) is 10.3. The van der Waals surface area contributed by atoms with Crippen LogP contribution in [0.5, 0.6) is 5.75 Å². The van der Waals surface area contributed by atoms with E-state index in [2.05, 4.69) is 4.72 Å². The number of aryl methyl sites for hydroxylation is 1. The van der Waals surface area contributed by atoms with E-state index in [-0.39, 0.29) is 22.0 Å². The molecule has 0 saturated carbocycles. The van der Waals surface area contributed by atoms with Gasteiger partial charge < -0.3 is 9.84 Å². The van der Waals surface area contributed by atoms with Crippen molar-refractivity contribution in [1.29, 1.82) is 0 Å². The van der Waals surface area contributed by atoms with Gasteiger partial charge in [-0.15, -0.1) is 0 Å². The minimum Gasteiger partial charge on any atom is -0.495 e. The van der Waals surface area contributed by atoms with Crippen LogP contribution in [0.25, 0.3) is 0 Å². The Kier molecular flexibility index (Phi) is 7.75. The second-order valence-corrected chi connectivity index (χ2v) is 11.0. The van der Waals surface area contributed by atoms with E-state index >= 15 is 0 Å². The molecule has 0 amide bonds. The largest absolute Gasteiger partial charge is 0.495 e. The highest BCUT2D eigenvalue weighted by molar-refractivity contribution is 7.92. The van der Waals surface area contributed by atoms with Gasteiger partial charge in [-0.2, -0.15) is 0 Å². The van der Waals surface area contributed by atoms with Crippen LogP contribution in [0.4, 0.5) is 5.69 Å². The van der Waals surface area contributed by atoms with Crippen molar-refractivity contribution < 1.29 is 26.7 Å². The Bertz CT molecular complexity index is 1280. The van der Waals surface area contributed by atoms with Crippen molar-refractivity contribution in [2.45, 2.75) is 22.8 Å². The molecule has 0 aliphatic rings. The van der Waals surface area contributed by atoms with Gasteiger partial charge in [0.25, 0.3) is 10.0 Å². The van der Waals surface area contributed by atoms with Gasteiger partial charge in [0.05, 0.1) is 35.2 Å². The number of para-hydroxylation sites is 2. The fourth-order valence-corrected chi connectivity index (χ4v) is 5.75. The zero-order chi connectivity index (χ0) is 24.1. The molecule has 3 aromatic carbocycles. The SMILES string of the molecule is COc1ccccc1N(CC(O)CNS(=O)(=O)c1ccc(C)cc1)S(=O)(=O)c1ccccc1. The summed E-state index contributed by atoms with van der Waals surface area (Å²) in [5, 5.41) is 10.6. The topological polar surface area (TPSA) is 113 Å². The monoisotopic (exact) mass is 490 g/mol. The number of hydrogen-bond donors (Lipinski definition) is 2. The van der Waals surface area contributed by atoms with Crippen molar-refractivity contribution in [2.75, 3.05) is 24.5 Å². The number of anilines is 1. The van der Waals surface area contributed by atoms with E-state index in [1.807, 2.05) is 6.92 Å². The average molecular weight is 491 g/mol. The van der Waals surface area contributed by atoms with Crippen LogP contribution in [0.1, 0.15) is 5.56 Å². The van der Waals surface area contributed by atoms with E-state index in [0.29, 0.717) is 5.75 Å². The maximum absolute atomic E-state index is 13.4. The molecule has 10 heteroatoms. The average Bonchev–Trinajstić information content (AvgIpc) is 2.82. The van der Waals surface area contributed by atoms with Crippen molar-refractivity contribution in [3.63, 3.8) is 0 Å². The smallest absolute Gasteiger partial charge is 0.264 e. The van der Waals surface area contributed by atoms with Gasteiger partial charge in [-0.05, 0) is 43.3 Å². The molecule has 0 heterocycles. The van der Waals surface area contributed by atoms with Gasteiger partial charge in [-0.3, -0.25) is 4.31 Å². The first-order valence-electron chi connectivity index (χ1n) is 10.1. The lowest BCUT2D eigenvalue weighted by molar-refractivity contribution is 0.187. The number of benzene rings is 3. The van der Waals surface area contributed by atoms with Crippen LogP contribution in [-0.4, -0.2) is 48.2 Å². The highest BCUT2D eigenvalue weighted by Gasteiger charge is 2.29. The summed E-state index contributed by atoms with van der Waals surface area (Å²) in [7, 11) is -6.54. The van der Waals surface area contributed by atoms with Gasteiger partial charge in [0.1, 0.15) is 5.75 Å². The molecule has 0 saturated heterocycles. The number of methoxy groups -OCH3 is 1. The molecule has 0 aliphatic carbocycles. The zero-order valence-corrected chi connectivity index (χ0v) is 19.9. The molecule has 0 spiro atoms. The van der Waals surface area contributed by atoms with E-state index in [4.69, 9.17) is 4.74 Å². The van der Waals surface area contributed by atoms with Crippen molar-refractivity contribution in [3.8, 4) is 5.75 Å². The first-order valence-corrected chi connectivity index (χ1v) is 13.0. The summed E-state index contributed by atoms with van der Waals surface area (Å²) in [6, 6.07) is 20.6. The highest BCUT2D eigenvalue weighted by Crippen LogP contribution is 2.32. The lowest BCUT2D eigenvalue weighted by Crippen LogP contribution is -2.43. The Balaban J connectivity index is 1.86. The number of aliphatic hydroxyl groups is 1. The molecule has 1 unspecified atom stereocenters. The molecule has 0 bridgehead atoms. The number of hydrogen-bond acceptors (Lipinski definition) is 6. The maximum atomic E-state index is 13.4. The minimum absolute atomic E-state index is 0.0309. The predicted octanol–water partition coefficient (Wildman–Crippen LogP) is 2.54. The lowest BCUT2D eigenvalue weighted by atomic mass is 10.2. The molecular weight excluding hydrogens is 464 g/mol. The lowest BCUT2D eigenvalue weighted by Gasteiger charge is -2.28. The summed E-state index contributed by atoms with van der Waals surface area (Å²) in [4.78, 5) is 0.0853. The Morgan fingerprint density at radius 3 is 2.12 bits per heavy atom. The van der Waals surface area contributed by atoms with E-state index in [0.717, 1.165) is 9.87 Å². The maximum Gasteiger partial charge on any atom is 0.264 e. The first kappa shape index (κ1) is 24.7. The van der Waals surface area contributed by atoms with Gasteiger partial charge in [0, 0.05) is 6.54 Å². The number of nitrogens with one attached hydrogen (secondary N) is 1. The zero-order valence-electron chi connectivity index (χ0n) is 18.2. The van der Waals surface area contributed by atoms with Gasteiger partial charge in [0.2, 0.25) is 10.0 Å². The van der Waals surface area contributed by atoms with Crippen LogP contribution < -0.4 is 13.8 Å². The summed E-state index contributed by atoms with van der Waals surface area (Å²) >= 11 is 0. The standard InChI is InChI=1S/C23H26N2O6S2/c1-18-12-14-20(15-13-18)32(27,28)24-16-19(26)17-25(22-10-6-7-11-23(22)31-2)33(29,30)21-8-4-3-5-9-21/h3-15,19,24,26H,16-17H2,1-2H3. The minimum atomic E-state index is -4.08. The third-order valence-corrected chi connectivity index (χ3v) is 8.14. The normalized spacial score (nSPS) is 12.8. The fourth-order valence-electron chi connectivity index (χ4n) is 3.14. The summed E-state index contributed by atoms with van der Waals surface area (Å²) < 4.78 is 60.6. The van der Waals surface area contributed by atoms with E-state index in [1.165, 1.54) is 31.4 Å². The first-order chi connectivity index (χ1) is 15.6. The molecule has 33 heavy (non-hydrogen) atoms. The van der Waals surface area contributed by atoms with Crippen LogP contribution in [0, 0.1) is 6.92 Å². The molecule has 3 rings (SSSR count). The molecule has 2 N–H and O–H groups in total. The Hall–Kier alpha value is -2.92. The van der Waals surface area contributed by atoms with Crippen LogP contribution in [-0.2, 0) is 20.0 Å². The third kappa shape index (κ3) is 5.91. The number of rotatable bonds is 10. The number of aliphatic hydroxyl groups excluding tert-OH is 1. The molecular formula is C23H26N2O6S2. The quantitative estimate of drug-likeness (QED) is 0.452. The van der Waals surface area contributed by atoms with Crippen molar-refractivity contribution >= 4 is 25.7 Å². The van der Waals surface area contributed by atoms with Gasteiger partial charge >= 0.3 is 0 Å². The Morgan fingerprint density at radius 1 is 0.879 bits per heavy atom. The Labute approximate surface area is 194 Å². The molecule has 176 valence electrons. The second-order valence-electron chi connectivity index (χ2n) is 7.34. The molecule has 8 nitrogen and oxygen atoms in total. The van der Waals surface area contributed by atoms with Crippen molar-refractivity contribution in [1.82, 2.24) is 4.72 Å². The van der Waals surface area contributed by atoms with Crippen LogP contribution in [0.15, 0.2) is 88.7 Å². The molecule has 0 aromatic heterocycles. The van der Waals surface area contributed by atoms with E-state index in [1.54, 1.807) is 54.6 Å². The molecule has 0 fully saturated rings. The Morgan fingerprint density at radius 2 is 1.48 bits per heavy atom. The molecule has 0 radical (unpaired) electrons. The molecule has 0 aliphatic heterocycles. The van der Waals surface area contributed by atoms with Crippen LogP contribution >= 0.6 is 0 Å². The van der Waals surface area contributed by atoms with Gasteiger partial charge in [-0.1, -0.05) is 48.0 Å². The summed E-state index contributed by atoms with van der Waals surface area (Å²) in [5.41, 5.74) is 1.14. The van der Waals surface area contributed by atoms with Crippen LogP contribution in [0.2, 0.25) is 0 Å². The summed E-state index contributed by atoms with van der Waals surface area (Å²) in [6.45, 7) is 1.06. The molecule has 3 aromatic rings. The summed E-state index contributed by atoms with van der Waals surface area (Å²) in [6.07, 6.45) is -1.34. The van der Waals surface area contributed by atoms with Crippen LogP contribution in [0.3, 0.4) is 0 Å². The van der Waals surface area contributed by atoms with Gasteiger partial charge in [0.15, 0.2) is 0 Å². The number of sulfonamides is 2. The highest BCUT2D eigenvalue weighted by atomic mass is 32.2. The fraction of sp³-hybridized carbons (Fsp3) is 0.217. The van der Waals surface area contributed by atoms with Crippen molar-refractivity contribution in [2.24, 2.45) is 0 Å². The van der Waals surface area contributed by atoms with E-state index in [9.17, 15) is 21.9 Å². The number of ether oxygens (including phenoxy) is 1.